The summed E-state index contributed by atoms with van der Waals surface area (Å²) in [6.07, 6.45) is 1.28. The molecular formula is C24H21ClFN3O5. The number of amides is 2. The van der Waals surface area contributed by atoms with E-state index < -0.39 is 17.6 Å². The van der Waals surface area contributed by atoms with Crippen molar-refractivity contribution in [1.82, 2.24) is 5.43 Å². The number of nitrogens with one attached hydrogen (secondary N) is 2. The Kier molecular flexibility index (Phi) is 8.42. The second kappa shape index (κ2) is 11.7. The van der Waals surface area contributed by atoms with E-state index in [0.717, 1.165) is 0 Å². The SMILES string of the molecule is COc1cccc(NC(=O)C(=O)N/N=C\c2cccc(OC)c2OCc2c(F)cccc2Cl)c1. The molecule has 3 rings (SSSR count). The number of rotatable bonds is 8. The fraction of sp³-hybridized carbons (Fsp3) is 0.125. The summed E-state index contributed by atoms with van der Waals surface area (Å²) in [6, 6.07) is 15.9. The topological polar surface area (TPSA) is 98.2 Å². The van der Waals surface area contributed by atoms with Crippen LogP contribution in [-0.2, 0) is 16.2 Å². The van der Waals surface area contributed by atoms with Crippen LogP contribution in [0.15, 0.2) is 65.8 Å². The zero-order chi connectivity index (χ0) is 24.5. The van der Waals surface area contributed by atoms with Gasteiger partial charge in [-0.1, -0.05) is 29.8 Å². The van der Waals surface area contributed by atoms with Gasteiger partial charge in [-0.05, 0) is 36.4 Å². The Hall–Kier alpha value is -4.11. The first-order chi connectivity index (χ1) is 16.4. The summed E-state index contributed by atoms with van der Waals surface area (Å²) >= 11 is 6.06. The van der Waals surface area contributed by atoms with Gasteiger partial charge in [0.25, 0.3) is 0 Å². The molecule has 0 radical (unpaired) electrons. The van der Waals surface area contributed by atoms with Gasteiger partial charge in [-0.25, -0.2) is 9.82 Å². The van der Waals surface area contributed by atoms with E-state index in [4.69, 9.17) is 25.8 Å². The number of hydrogen-bond acceptors (Lipinski definition) is 6. The van der Waals surface area contributed by atoms with Crippen LogP contribution in [0.5, 0.6) is 17.2 Å². The number of hydrazone groups is 1. The molecule has 0 aliphatic rings. The number of nitrogens with zero attached hydrogens (tertiary/aromatic N) is 1. The van der Waals surface area contributed by atoms with Gasteiger partial charge in [-0.3, -0.25) is 9.59 Å². The number of carbonyl (C=O) groups is 2. The van der Waals surface area contributed by atoms with Gasteiger partial charge in [-0.2, -0.15) is 5.10 Å². The van der Waals surface area contributed by atoms with Crippen LogP contribution in [-0.4, -0.2) is 32.2 Å². The van der Waals surface area contributed by atoms with Crippen LogP contribution in [0.1, 0.15) is 11.1 Å². The van der Waals surface area contributed by atoms with Crippen LogP contribution in [0, 0.1) is 5.82 Å². The van der Waals surface area contributed by atoms with Crippen molar-refractivity contribution < 1.29 is 28.2 Å². The lowest BCUT2D eigenvalue weighted by atomic mass is 10.2. The predicted octanol–water partition coefficient (Wildman–Crippen LogP) is 4.16. The van der Waals surface area contributed by atoms with Crippen LogP contribution in [0.4, 0.5) is 10.1 Å². The predicted molar refractivity (Wildman–Crippen MR) is 126 cm³/mol. The standard InChI is InChI=1S/C24H21ClFN3O5/c1-32-17-8-4-7-16(12-17)28-23(30)24(31)29-27-13-15-6-3-11-21(33-2)22(15)34-14-18-19(25)9-5-10-20(18)26/h3-13H,14H2,1-2H3,(H,28,30)(H,29,31)/b27-13-. The Bertz CT molecular complexity index is 1200. The van der Waals surface area contributed by atoms with Gasteiger partial charge in [0, 0.05) is 22.9 Å². The first-order valence-electron chi connectivity index (χ1n) is 9.94. The highest BCUT2D eigenvalue weighted by molar-refractivity contribution is 6.39. The molecule has 0 unspecified atom stereocenters. The van der Waals surface area contributed by atoms with E-state index >= 15 is 0 Å². The molecule has 0 spiro atoms. The quantitative estimate of drug-likeness (QED) is 0.283. The molecule has 0 aliphatic carbocycles. The Morgan fingerprint density at radius 1 is 1.03 bits per heavy atom. The van der Waals surface area contributed by atoms with Gasteiger partial charge in [0.15, 0.2) is 11.5 Å². The normalized spacial score (nSPS) is 10.6. The molecule has 0 atom stereocenters. The van der Waals surface area contributed by atoms with Gasteiger partial charge in [-0.15, -0.1) is 0 Å². The highest BCUT2D eigenvalue weighted by Crippen LogP contribution is 2.32. The molecule has 0 bridgehead atoms. The number of anilines is 1. The van der Waals surface area contributed by atoms with E-state index in [1.165, 1.54) is 32.6 Å². The second-order valence-corrected chi connectivity index (χ2v) is 7.16. The molecule has 34 heavy (non-hydrogen) atoms. The van der Waals surface area contributed by atoms with Crippen LogP contribution in [0.3, 0.4) is 0 Å². The van der Waals surface area contributed by atoms with Gasteiger partial charge < -0.3 is 19.5 Å². The number of para-hydroxylation sites is 1. The summed E-state index contributed by atoms with van der Waals surface area (Å²) in [6.45, 7) is -0.165. The van der Waals surface area contributed by atoms with E-state index in [0.29, 0.717) is 22.7 Å². The molecule has 3 aromatic carbocycles. The minimum Gasteiger partial charge on any atom is -0.497 e. The number of methoxy groups -OCH3 is 2. The van der Waals surface area contributed by atoms with Crippen LogP contribution < -0.4 is 25.0 Å². The molecule has 8 nitrogen and oxygen atoms in total. The lowest BCUT2D eigenvalue weighted by Gasteiger charge is -2.14. The second-order valence-electron chi connectivity index (χ2n) is 6.75. The Labute approximate surface area is 200 Å². The summed E-state index contributed by atoms with van der Waals surface area (Å²) < 4.78 is 30.2. The highest BCUT2D eigenvalue weighted by atomic mass is 35.5. The number of ether oxygens (including phenoxy) is 3. The first kappa shape index (κ1) is 24.5. The zero-order valence-corrected chi connectivity index (χ0v) is 19.1. The van der Waals surface area contributed by atoms with E-state index in [2.05, 4.69) is 15.8 Å². The molecule has 0 heterocycles. The number of halogens is 2. The van der Waals surface area contributed by atoms with Crippen molar-refractivity contribution >= 4 is 35.3 Å². The summed E-state index contributed by atoms with van der Waals surface area (Å²) in [5, 5.41) is 6.49. The number of hydrogen-bond donors (Lipinski definition) is 2. The summed E-state index contributed by atoms with van der Waals surface area (Å²) in [7, 11) is 2.94. The molecule has 0 saturated carbocycles. The van der Waals surface area contributed by atoms with E-state index in [9.17, 15) is 14.0 Å². The molecule has 0 saturated heterocycles. The van der Waals surface area contributed by atoms with Crippen LogP contribution in [0.25, 0.3) is 0 Å². The lowest BCUT2D eigenvalue weighted by molar-refractivity contribution is -0.136. The summed E-state index contributed by atoms with van der Waals surface area (Å²) in [4.78, 5) is 24.2. The fourth-order valence-corrected chi connectivity index (χ4v) is 3.08. The summed E-state index contributed by atoms with van der Waals surface area (Å²) in [5.41, 5.74) is 3.13. The van der Waals surface area contributed by atoms with E-state index in [-0.39, 0.29) is 22.9 Å². The van der Waals surface area contributed by atoms with Crippen LogP contribution in [0.2, 0.25) is 5.02 Å². The van der Waals surface area contributed by atoms with E-state index in [1.54, 1.807) is 48.5 Å². The maximum atomic E-state index is 14.1. The third kappa shape index (κ3) is 6.23. The molecule has 2 N–H and O–H groups in total. The summed E-state index contributed by atoms with van der Waals surface area (Å²) in [5.74, 6) is -1.27. The Balaban J connectivity index is 1.69. The van der Waals surface area contributed by atoms with Gasteiger partial charge in [0.2, 0.25) is 0 Å². The zero-order valence-electron chi connectivity index (χ0n) is 18.3. The van der Waals surface area contributed by atoms with Crippen molar-refractivity contribution in [3.8, 4) is 17.2 Å². The monoisotopic (exact) mass is 485 g/mol. The molecule has 0 aromatic heterocycles. The Morgan fingerprint density at radius 2 is 1.79 bits per heavy atom. The average molecular weight is 486 g/mol. The van der Waals surface area contributed by atoms with Crippen molar-refractivity contribution in [2.24, 2.45) is 5.10 Å². The third-order valence-electron chi connectivity index (χ3n) is 4.56. The maximum Gasteiger partial charge on any atom is 0.329 e. The van der Waals surface area contributed by atoms with Crippen molar-refractivity contribution in [3.63, 3.8) is 0 Å². The van der Waals surface area contributed by atoms with E-state index in [1.807, 2.05) is 0 Å². The van der Waals surface area contributed by atoms with Crippen molar-refractivity contribution in [1.29, 1.82) is 0 Å². The van der Waals surface area contributed by atoms with Crippen molar-refractivity contribution in [2.45, 2.75) is 6.61 Å². The first-order valence-corrected chi connectivity index (χ1v) is 10.3. The minimum atomic E-state index is -0.984. The van der Waals surface area contributed by atoms with Gasteiger partial charge >= 0.3 is 11.8 Å². The largest absolute Gasteiger partial charge is 0.497 e. The molecule has 3 aromatic rings. The number of carbonyl (C=O) groups excluding carboxylic acids is 2. The molecular weight excluding hydrogens is 465 g/mol. The smallest absolute Gasteiger partial charge is 0.329 e. The van der Waals surface area contributed by atoms with Gasteiger partial charge in [0.1, 0.15) is 18.2 Å². The average Bonchev–Trinajstić information content (AvgIpc) is 2.84. The molecule has 0 aliphatic heterocycles. The molecule has 0 fully saturated rings. The third-order valence-corrected chi connectivity index (χ3v) is 4.91. The number of benzene rings is 3. The Morgan fingerprint density at radius 3 is 2.53 bits per heavy atom. The fourth-order valence-electron chi connectivity index (χ4n) is 2.86. The van der Waals surface area contributed by atoms with Gasteiger partial charge in [0.05, 0.1) is 25.5 Å². The maximum absolute atomic E-state index is 14.1. The van der Waals surface area contributed by atoms with Crippen LogP contribution >= 0.6 is 11.6 Å². The molecule has 176 valence electrons. The molecule has 2 amide bonds. The minimum absolute atomic E-state index is 0.165. The highest BCUT2D eigenvalue weighted by Gasteiger charge is 2.15. The molecule has 10 heteroatoms. The lowest BCUT2D eigenvalue weighted by Crippen LogP contribution is -2.32. The van der Waals surface area contributed by atoms with Crippen molar-refractivity contribution in [2.75, 3.05) is 19.5 Å². The van der Waals surface area contributed by atoms with Crippen molar-refractivity contribution in [3.05, 3.63) is 82.6 Å².